The summed E-state index contributed by atoms with van der Waals surface area (Å²) in [5.74, 6) is 0. The van der Waals surface area contributed by atoms with Crippen LogP contribution in [0.2, 0.25) is 0 Å². The number of nitrogens with one attached hydrogen (secondary N) is 1. The van der Waals surface area contributed by atoms with E-state index in [2.05, 4.69) is 45.0 Å². The smallest absolute Gasteiger partial charge is 0.270 e. The van der Waals surface area contributed by atoms with Crippen molar-refractivity contribution in [2.45, 2.75) is 20.0 Å². The average Bonchev–Trinajstić information content (AvgIpc) is 2.86. The van der Waals surface area contributed by atoms with Crippen molar-refractivity contribution in [2.24, 2.45) is 0 Å². The van der Waals surface area contributed by atoms with Gasteiger partial charge in [-0.3, -0.25) is 10.1 Å². The van der Waals surface area contributed by atoms with Gasteiger partial charge >= 0.3 is 0 Å². The van der Waals surface area contributed by atoms with Gasteiger partial charge in [0.05, 0.1) is 4.92 Å². The van der Waals surface area contributed by atoms with Crippen LogP contribution >= 0.6 is 15.9 Å². The summed E-state index contributed by atoms with van der Waals surface area (Å²) in [5, 5.41) is 14.0. The zero-order chi connectivity index (χ0) is 14.5. The van der Waals surface area contributed by atoms with Gasteiger partial charge in [-0.15, -0.1) is 0 Å². The zero-order valence-corrected chi connectivity index (χ0v) is 12.8. The van der Waals surface area contributed by atoms with Crippen LogP contribution in [0.3, 0.4) is 0 Å². The van der Waals surface area contributed by atoms with Crippen molar-refractivity contribution in [1.29, 1.82) is 0 Å². The number of nitrogens with zero attached hydrogens (tertiary/aromatic N) is 2. The minimum atomic E-state index is -0.390. The monoisotopic (exact) mass is 337 g/mol. The second-order valence-electron chi connectivity index (χ2n) is 4.51. The molecule has 6 heteroatoms. The van der Waals surface area contributed by atoms with E-state index in [0.717, 1.165) is 23.1 Å². The summed E-state index contributed by atoms with van der Waals surface area (Å²) in [4.78, 5) is 10.3. The first kappa shape index (κ1) is 14.7. The lowest BCUT2D eigenvalue weighted by Gasteiger charge is -2.06. The second-order valence-corrected chi connectivity index (χ2v) is 5.36. The standard InChI is InChI=1S/C14H16BrN3O2/c1-2-16-8-11-5-6-17(9-11)10-12-3-4-13(18(19)20)7-14(12)15/h3-7,9,16H,2,8,10H2,1H3. The number of halogens is 1. The van der Waals surface area contributed by atoms with E-state index in [0.29, 0.717) is 6.54 Å². The molecule has 0 aliphatic rings. The quantitative estimate of drug-likeness (QED) is 0.649. The van der Waals surface area contributed by atoms with Crippen molar-refractivity contribution >= 4 is 21.6 Å². The van der Waals surface area contributed by atoms with Gasteiger partial charge in [0.25, 0.3) is 5.69 Å². The number of non-ortho nitro benzene ring substituents is 1. The molecule has 0 aliphatic carbocycles. The van der Waals surface area contributed by atoms with E-state index in [-0.39, 0.29) is 5.69 Å². The van der Waals surface area contributed by atoms with Gasteiger partial charge in [-0.1, -0.05) is 22.9 Å². The molecule has 1 aromatic heterocycles. The van der Waals surface area contributed by atoms with E-state index >= 15 is 0 Å². The highest BCUT2D eigenvalue weighted by atomic mass is 79.9. The molecule has 0 atom stereocenters. The third-order valence-corrected chi connectivity index (χ3v) is 3.73. The normalized spacial score (nSPS) is 10.7. The van der Waals surface area contributed by atoms with E-state index < -0.39 is 4.92 Å². The lowest BCUT2D eigenvalue weighted by molar-refractivity contribution is -0.384. The molecular weight excluding hydrogens is 322 g/mol. The fraction of sp³-hybridized carbons (Fsp3) is 0.286. The first-order valence-electron chi connectivity index (χ1n) is 6.38. The molecule has 0 spiro atoms. The van der Waals surface area contributed by atoms with Gasteiger partial charge in [0.1, 0.15) is 0 Å². The molecule has 0 bridgehead atoms. The Bertz CT molecular complexity index is 610. The summed E-state index contributed by atoms with van der Waals surface area (Å²) in [5.41, 5.74) is 2.34. The van der Waals surface area contributed by atoms with Crippen LogP contribution in [-0.2, 0) is 13.1 Å². The van der Waals surface area contributed by atoms with Gasteiger partial charge in [-0.2, -0.15) is 0 Å². The van der Waals surface area contributed by atoms with Gasteiger partial charge in [0, 0.05) is 42.1 Å². The summed E-state index contributed by atoms with van der Waals surface area (Å²) < 4.78 is 2.83. The molecule has 2 rings (SSSR count). The maximum atomic E-state index is 10.7. The van der Waals surface area contributed by atoms with Gasteiger partial charge in [-0.05, 0) is 29.8 Å². The van der Waals surface area contributed by atoms with Crippen molar-refractivity contribution in [1.82, 2.24) is 9.88 Å². The van der Waals surface area contributed by atoms with E-state index in [1.165, 1.54) is 11.6 Å². The lowest BCUT2D eigenvalue weighted by Crippen LogP contribution is -2.11. The lowest BCUT2D eigenvalue weighted by atomic mass is 10.2. The van der Waals surface area contributed by atoms with Crippen LogP contribution in [0, 0.1) is 10.1 Å². The average molecular weight is 338 g/mol. The highest BCUT2D eigenvalue weighted by Gasteiger charge is 2.09. The number of nitro benzene ring substituents is 1. The number of aromatic nitrogens is 1. The highest BCUT2D eigenvalue weighted by Crippen LogP contribution is 2.23. The Kier molecular flexibility index (Phi) is 4.92. The molecule has 1 N–H and O–H groups in total. The third kappa shape index (κ3) is 3.68. The molecule has 0 saturated carbocycles. The summed E-state index contributed by atoms with van der Waals surface area (Å²) in [6.45, 7) is 4.56. The molecule has 0 aliphatic heterocycles. The largest absolute Gasteiger partial charge is 0.350 e. The second kappa shape index (κ2) is 6.67. The van der Waals surface area contributed by atoms with Gasteiger partial charge < -0.3 is 9.88 Å². The summed E-state index contributed by atoms with van der Waals surface area (Å²) in [7, 11) is 0. The zero-order valence-electron chi connectivity index (χ0n) is 11.2. The van der Waals surface area contributed by atoms with Crippen molar-refractivity contribution in [3.8, 4) is 0 Å². The molecule has 1 heterocycles. The summed E-state index contributed by atoms with van der Waals surface area (Å²) >= 11 is 3.39. The Labute approximate surface area is 125 Å². The predicted octanol–water partition coefficient (Wildman–Crippen LogP) is 3.32. The van der Waals surface area contributed by atoms with Crippen LogP contribution in [0.15, 0.2) is 41.1 Å². The van der Waals surface area contributed by atoms with Crippen molar-refractivity contribution in [3.05, 3.63) is 62.4 Å². The fourth-order valence-electron chi connectivity index (χ4n) is 1.94. The Hall–Kier alpha value is -1.66. The number of hydrogen-bond donors (Lipinski definition) is 1. The topological polar surface area (TPSA) is 60.1 Å². The van der Waals surface area contributed by atoms with E-state index in [4.69, 9.17) is 0 Å². The van der Waals surface area contributed by atoms with Crippen molar-refractivity contribution in [3.63, 3.8) is 0 Å². The molecule has 2 aromatic rings. The van der Waals surface area contributed by atoms with Crippen LogP contribution in [0.25, 0.3) is 0 Å². The third-order valence-electron chi connectivity index (χ3n) is 2.99. The molecular formula is C14H16BrN3O2. The summed E-state index contributed by atoms with van der Waals surface area (Å²) in [6.07, 6.45) is 4.09. The first-order chi connectivity index (χ1) is 9.60. The first-order valence-corrected chi connectivity index (χ1v) is 7.17. The molecule has 0 unspecified atom stereocenters. The van der Waals surface area contributed by atoms with Crippen LogP contribution in [0.4, 0.5) is 5.69 Å². The molecule has 0 fully saturated rings. The Morgan fingerprint density at radius 3 is 2.85 bits per heavy atom. The molecule has 0 radical (unpaired) electrons. The van der Waals surface area contributed by atoms with Gasteiger partial charge in [0.2, 0.25) is 0 Å². The van der Waals surface area contributed by atoms with Gasteiger partial charge in [0.15, 0.2) is 0 Å². The number of benzene rings is 1. The molecule has 5 nitrogen and oxygen atoms in total. The fourth-order valence-corrected chi connectivity index (χ4v) is 2.43. The maximum Gasteiger partial charge on any atom is 0.270 e. The minimum Gasteiger partial charge on any atom is -0.350 e. The van der Waals surface area contributed by atoms with Crippen LogP contribution in [0.1, 0.15) is 18.1 Å². The van der Waals surface area contributed by atoms with Crippen LogP contribution in [0.5, 0.6) is 0 Å². The predicted molar refractivity (Wildman–Crippen MR) is 81.7 cm³/mol. The maximum absolute atomic E-state index is 10.7. The number of nitro groups is 1. The SMILES string of the molecule is CCNCc1ccn(Cc2ccc([N+](=O)[O-])cc2Br)c1. The Balaban J connectivity index is 2.09. The highest BCUT2D eigenvalue weighted by molar-refractivity contribution is 9.10. The summed E-state index contributed by atoms with van der Waals surface area (Å²) in [6, 6.07) is 6.93. The van der Waals surface area contributed by atoms with Crippen LogP contribution < -0.4 is 5.32 Å². The van der Waals surface area contributed by atoms with Crippen molar-refractivity contribution in [2.75, 3.05) is 6.54 Å². The van der Waals surface area contributed by atoms with Gasteiger partial charge in [-0.25, -0.2) is 0 Å². The number of hydrogen-bond acceptors (Lipinski definition) is 3. The molecule has 20 heavy (non-hydrogen) atoms. The van der Waals surface area contributed by atoms with E-state index in [1.807, 2.05) is 6.20 Å². The molecule has 1 aromatic carbocycles. The Morgan fingerprint density at radius 1 is 1.40 bits per heavy atom. The van der Waals surface area contributed by atoms with E-state index in [1.54, 1.807) is 12.1 Å². The molecule has 0 saturated heterocycles. The minimum absolute atomic E-state index is 0.0981. The Morgan fingerprint density at radius 2 is 2.20 bits per heavy atom. The van der Waals surface area contributed by atoms with E-state index in [9.17, 15) is 10.1 Å². The number of rotatable bonds is 6. The van der Waals surface area contributed by atoms with Crippen molar-refractivity contribution < 1.29 is 4.92 Å². The molecule has 0 amide bonds. The van der Waals surface area contributed by atoms with Crippen LogP contribution in [-0.4, -0.2) is 16.0 Å². The molecule has 106 valence electrons.